The van der Waals surface area contributed by atoms with Crippen molar-refractivity contribution in [1.29, 1.82) is 0 Å². The predicted molar refractivity (Wildman–Crippen MR) is 68.7 cm³/mol. The van der Waals surface area contributed by atoms with Gasteiger partial charge in [0.15, 0.2) is 0 Å². The van der Waals surface area contributed by atoms with Crippen molar-refractivity contribution >= 4 is 5.97 Å². The first-order valence-corrected chi connectivity index (χ1v) is 6.81. The molecular weight excluding hydrogens is 232 g/mol. The maximum Gasteiger partial charge on any atom is 0.324 e. The largest absolute Gasteiger partial charge is 0.480 e. The number of aliphatic carboxylic acids is 1. The molecule has 5 nitrogen and oxygen atoms in total. The third-order valence-corrected chi connectivity index (χ3v) is 3.70. The van der Waals surface area contributed by atoms with Crippen LogP contribution in [0, 0.1) is 0 Å². The Balaban J connectivity index is 1.84. The van der Waals surface area contributed by atoms with Crippen LogP contribution >= 0.6 is 0 Å². The lowest BCUT2D eigenvalue weighted by molar-refractivity contribution is -0.145. The number of likely N-dealkylation sites (N-methyl/N-ethyl adjacent to an activating group) is 1. The van der Waals surface area contributed by atoms with Gasteiger partial charge in [-0.2, -0.15) is 0 Å². The van der Waals surface area contributed by atoms with Crippen LogP contribution in [0.1, 0.15) is 32.6 Å². The first kappa shape index (κ1) is 13.8. The predicted octanol–water partition coefficient (Wildman–Crippen LogP) is 0.693. The molecule has 0 amide bonds. The van der Waals surface area contributed by atoms with Gasteiger partial charge >= 0.3 is 5.97 Å². The Bertz CT molecular complexity index is 301. The molecule has 0 bridgehead atoms. The summed E-state index contributed by atoms with van der Waals surface area (Å²) in [5.41, 5.74) is -0.853. The molecular formula is C13H24N2O3. The number of nitrogens with one attached hydrogen (secondary N) is 1. The van der Waals surface area contributed by atoms with E-state index in [4.69, 9.17) is 4.74 Å². The van der Waals surface area contributed by atoms with Crippen LogP contribution in [0.5, 0.6) is 0 Å². The number of carboxylic acid groups (broad SMARTS) is 1. The molecule has 0 spiro atoms. The van der Waals surface area contributed by atoms with E-state index in [-0.39, 0.29) is 6.10 Å². The Hall–Kier alpha value is -0.650. The molecule has 0 radical (unpaired) electrons. The summed E-state index contributed by atoms with van der Waals surface area (Å²) < 4.78 is 5.58. The SMILES string of the molecule is CN(CC1CCCO1)CC(C)(NC1CC1)C(=O)O. The molecule has 1 aliphatic carbocycles. The number of nitrogens with zero attached hydrogens (tertiary/aromatic N) is 1. The van der Waals surface area contributed by atoms with E-state index in [1.54, 1.807) is 6.92 Å². The van der Waals surface area contributed by atoms with Crippen molar-refractivity contribution in [2.24, 2.45) is 0 Å². The van der Waals surface area contributed by atoms with Gasteiger partial charge in [-0.25, -0.2) is 0 Å². The fourth-order valence-corrected chi connectivity index (χ4v) is 2.59. The van der Waals surface area contributed by atoms with Crippen molar-refractivity contribution in [3.05, 3.63) is 0 Å². The third kappa shape index (κ3) is 3.67. The van der Waals surface area contributed by atoms with Crippen LogP contribution in [-0.2, 0) is 9.53 Å². The fraction of sp³-hybridized carbons (Fsp3) is 0.923. The summed E-state index contributed by atoms with van der Waals surface area (Å²) in [5.74, 6) is -0.770. The Morgan fingerprint density at radius 3 is 2.72 bits per heavy atom. The lowest BCUT2D eigenvalue weighted by Gasteiger charge is -2.32. The highest BCUT2D eigenvalue weighted by Crippen LogP contribution is 2.23. The Kier molecular flexibility index (Phi) is 4.25. The van der Waals surface area contributed by atoms with Gasteiger partial charge < -0.3 is 14.7 Å². The van der Waals surface area contributed by atoms with Crippen molar-refractivity contribution in [3.63, 3.8) is 0 Å². The van der Waals surface area contributed by atoms with Gasteiger partial charge in [0.1, 0.15) is 5.54 Å². The van der Waals surface area contributed by atoms with Gasteiger partial charge in [0.05, 0.1) is 6.10 Å². The molecule has 0 aromatic carbocycles. The molecule has 18 heavy (non-hydrogen) atoms. The minimum atomic E-state index is -0.853. The van der Waals surface area contributed by atoms with E-state index in [0.29, 0.717) is 12.6 Å². The number of carbonyl (C=O) groups is 1. The van der Waals surface area contributed by atoms with Crippen molar-refractivity contribution in [2.75, 3.05) is 26.7 Å². The minimum Gasteiger partial charge on any atom is -0.480 e. The van der Waals surface area contributed by atoms with Gasteiger partial charge in [0.2, 0.25) is 0 Å². The van der Waals surface area contributed by atoms with E-state index in [2.05, 4.69) is 10.2 Å². The third-order valence-electron chi connectivity index (χ3n) is 3.70. The Morgan fingerprint density at radius 1 is 1.50 bits per heavy atom. The molecule has 1 heterocycles. The summed E-state index contributed by atoms with van der Waals surface area (Å²) in [4.78, 5) is 13.5. The van der Waals surface area contributed by atoms with Gasteiger partial charge in [-0.1, -0.05) is 0 Å². The highest BCUT2D eigenvalue weighted by Gasteiger charge is 2.39. The van der Waals surface area contributed by atoms with Crippen molar-refractivity contribution in [1.82, 2.24) is 10.2 Å². The first-order valence-electron chi connectivity index (χ1n) is 6.81. The number of hydrogen-bond acceptors (Lipinski definition) is 4. The Labute approximate surface area is 108 Å². The maximum atomic E-state index is 11.4. The van der Waals surface area contributed by atoms with E-state index < -0.39 is 11.5 Å². The summed E-state index contributed by atoms with van der Waals surface area (Å²) >= 11 is 0. The van der Waals surface area contributed by atoms with E-state index >= 15 is 0 Å². The van der Waals surface area contributed by atoms with Crippen LogP contribution in [0.2, 0.25) is 0 Å². The molecule has 1 saturated carbocycles. The van der Waals surface area contributed by atoms with Crippen LogP contribution in [-0.4, -0.2) is 60.4 Å². The van der Waals surface area contributed by atoms with Crippen molar-refractivity contribution in [3.8, 4) is 0 Å². The zero-order chi connectivity index (χ0) is 13.2. The monoisotopic (exact) mass is 256 g/mol. The molecule has 5 heteroatoms. The van der Waals surface area contributed by atoms with E-state index in [1.807, 2.05) is 7.05 Å². The molecule has 2 atom stereocenters. The van der Waals surface area contributed by atoms with Gasteiger partial charge in [-0.05, 0) is 39.7 Å². The summed E-state index contributed by atoms with van der Waals surface area (Å²) in [6.45, 7) is 3.95. The lowest BCUT2D eigenvalue weighted by Crippen LogP contribution is -2.57. The number of hydrogen-bond donors (Lipinski definition) is 2. The van der Waals surface area contributed by atoms with Crippen LogP contribution in [0.3, 0.4) is 0 Å². The van der Waals surface area contributed by atoms with Gasteiger partial charge in [0.25, 0.3) is 0 Å². The second kappa shape index (κ2) is 5.55. The van der Waals surface area contributed by atoms with Gasteiger partial charge in [0, 0.05) is 25.7 Å². The average molecular weight is 256 g/mol. The van der Waals surface area contributed by atoms with Crippen LogP contribution in [0.25, 0.3) is 0 Å². The molecule has 2 unspecified atom stereocenters. The zero-order valence-electron chi connectivity index (χ0n) is 11.3. The molecule has 2 rings (SSSR count). The van der Waals surface area contributed by atoms with Crippen molar-refractivity contribution in [2.45, 2.75) is 50.3 Å². The number of rotatable bonds is 7. The maximum absolute atomic E-state index is 11.4. The van der Waals surface area contributed by atoms with Gasteiger partial charge in [-0.3, -0.25) is 10.1 Å². The summed E-state index contributed by atoms with van der Waals surface area (Å²) in [6, 6.07) is 0.391. The second-order valence-corrected chi connectivity index (χ2v) is 5.89. The fourth-order valence-electron chi connectivity index (χ4n) is 2.59. The average Bonchev–Trinajstić information content (AvgIpc) is 2.92. The molecule has 104 valence electrons. The molecule has 1 aliphatic heterocycles. The quantitative estimate of drug-likeness (QED) is 0.702. The Morgan fingerprint density at radius 2 is 2.22 bits per heavy atom. The highest BCUT2D eigenvalue weighted by atomic mass is 16.5. The normalized spacial score (nSPS) is 27.4. The summed E-state index contributed by atoms with van der Waals surface area (Å²) in [6.07, 6.45) is 4.67. The number of carboxylic acids is 1. The molecule has 2 N–H and O–H groups in total. The van der Waals surface area contributed by atoms with Crippen LogP contribution in [0.15, 0.2) is 0 Å². The first-order chi connectivity index (χ1) is 8.49. The van der Waals surface area contributed by atoms with Gasteiger partial charge in [-0.15, -0.1) is 0 Å². The minimum absolute atomic E-state index is 0.272. The van der Waals surface area contributed by atoms with E-state index in [0.717, 1.165) is 38.8 Å². The molecule has 0 aromatic rings. The summed E-state index contributed by atoms with van der Waals surface area (Å²) in [7, 11) is 1.97. The molecule has 0 aromatic heterocycles. The lowest BCUT2D eigenvalue weighted by atomic mass is 10.0. The van der Waals surface area contributed by atoms with Crippen LogP contribution in [0.4, 0.5) is 0 Å². The summed E-state index contributed by atoms with van der Waals surface area (Å²) in [5, 5.41) is 12.6. The number of ether oxygens (including phenoxy) is 1. The topological polar surface area (TPSA) is 61.8 Å². The standard InChI is InChI=1S/C13H24N2O3/c1-13(12(16)17,14-10-5-6-10)9-15(2)8-11-4-3-7-18-11/h10-11,14H,3-9H2,1-2H3,(H,16,17). The highest BCUT2D eigenvalue weighted by molar-refractivity contribution is 5.78. The smallest absolute Gasteiger partial charge is 0.324 e. The second-order valence-electron chi connectivity index (χ2n) is 5.89. The van der Waals surface area contributed by atoms with E-state index in [9.17, 15) is 9.90 Å². The molecule has 2 aliphatic rings. The molecule has 1 saturated heterocycles. The molecule has 2 fully saturated rings. The van der Waals surface area contributed by atoms with E-state index in [1.165, 1.54) is 0 Å². The zero-order valence-corrected chi connectivity index (χ0v) is 11.3. The van der Waals surface area contributed by atoms with Crippen LogP contribution < -0.4 is 5.32 Å². The van der Waals surface area contributed by atoms with Crippen molar-refractivity contribution < 1.29 is 14.6 Å².